The third-order valence-electron chi connectivity index (χ3n) is 2.87. The minimum atomic E-state index is -0.573. The summed E-state index contributed by atoms with van der Waals surface area (Å²) in [6, 6.07) is 11.1. The summed E-state index contributed by atoms with van der Waals surface area (Å²) in [4.78, 5) is 0. The maximum atomic E-state index is 13.5. The fraction of sp³-hybridized carbons (Fsp3) is 0.200. The number of hydrogen-bond donors (Lipinski definition) is 1. The van der Waals surface area contributed by atoms with Crippen molar-refractivity contribution < 1.29 is 8.78 Å². The van der Waals surface area contributed by atoms with Crippen LogP contribution in [0.1, 0.15) is 23.4 Å². The van der Waals surface area contributed by atoms with Gasteiger partial charge in [0.05, 0.1) is 5.38 Å². The van der Waals surface area contributed by atoms with Crippen molar-refractivity contribution in [2.45, 2.75) is 18.8 Å². The molecule has 0 amide bonds. The second-order valence-electron chi connectivity index (χ2n) is 4.29. The van der Waals surface area contributed by atoms with Crippen LogP contribution < -0.4 is 5.32 Å². The van der Waals surface area contributed by atoms with E-state index in [9.17, 15) is 8.78 Å². The quantitative estimate of drug-likeness (QED) is 0.788. The molecule has 1 atom stereocenters. The summed E-state index contributed by atoms with van der Waals surface area (Å²) in [7, 11) is 0. The SMILES string of the molecule is CC(Cl)c1ccccc1NCc1ccc(F)cc1F. The number of alkyl halides is 1. The van der Waals surface area contributed by atoms with Gasteiger partial charge in [-0.15, -0.1) is 11.6 Å². The number of para-hydroxylation sites is 1. The Morgan fingerprint density at radius 3 is 2.58 bits per heavy atom. The van der Waals surface area contributed by atoms with Crippen molar-refractivity contribution in [1.29, 1.82) is 0 Å². The van der Waals surface area contributed by atoms with Gasteiger partial charge in [0.1, 0.15) is 11.6 Å². The summed E-state index contributed by atoms with van der Waals surface area (Å²) in [6.45, 7) is 2.16. The largest absolute Gasteiger partial charge is 0.381 e. The third kappa shape index (κ3) is 3.44. The van der Waals surface area contributed by atoms with Crippen molar-refractivity contribution in [3.8, 4) is 0 Å². The van der Waals surface area contributed by atoms with Gasteiger partial charge in [-0.2, -0.15) is 0 Å². The molecular formula is C15H14ClF2N. The molecule has 0 aliphatic heterocycles. The van der Waals surface area contributed by atoms with Crippen molar-refractivity contribution in [1.82, 2.24) is 0 Å². The lowest BCUT2D eigenvalue weighted by molar-refractivity contribution is 0.574. The van der Waals surface area contributed by atoms with Crippen molar-refractivity contribution in [2.75, 3.05) is 5.32 Å². The molecule has 0 aliphatic rings. The molecule has 2 aromatic rings. The van der Waals surface area contributed by atoms with E-state index in [1.165, 1.54) is 12.1 Å². The van der Waals surface area contributed by atoms with E-state index in [0.717, 1.165) is 17.3 Å². The van der Waals surface area contributed by atoms with Gasteiger partial charge in [0.2, 0.25) is 0 Å². The normalized spacial score (nSPS) is 12.2. The lowest BCUT2D eigenvalue weighted by atomic mass is 10.1. The van der Waals surface area contributed by atoms with Crippen molar-refractivity contribution in [2.24, 2.45) is 0 Å². The van der Waals surface area contributed by atoms with Crippen LogP contribution in [0.5, 0.6) is 0 Å². The van der Waals surface area contributed by atoms with E-state index in [4.69, 9.17) is 11.6 Å². The first-order valence-electron chi connectivity index (χ1n) is 5.98. The summed E-state index contributed by atoms with van der Waals surface area (Å²) >= 11 is 6.08. The van der Waals surface area contributed by atoms with Crippen LogP contribution in [0, 0.1) is 11.6 Å². The van der Waals surface area contributed by atoms with Gasteiger partial charge >= 0.3 is 0 Å². The lowest BCUT2D eigenvalue weighted by Gasteiger charge is -2.13. The molecule has 0 saturated carbocycles. The monoisotopic (exact) mass is 281 g/mol. The Labute approximate surface area is 116 Å². The number of halogens is 3. The first-order valence-corrected chi connectivity index (χ1v) is 6.42. The van der Waals surface area contributed by atoms with Gasteiger partial charge in [0.15, 0.2) is 0 Å². The number of anilines is 1. The Morgan fingerprint density at radius 2 is 1.89 bits per heavy atom. The zero-order valence-corrected chi connectivity index (χ0v) is 11.2. The Hall–Kier alpha value is -1.61. The Kier molecular flexibility index (Phi) is 4.38. The van der Waals surface area contributed by atoms with Gasteiger partial charge in [-0.1, -0.05) is 24.3 Å². The Balaban J connectivity index is 2.14. The Bertz CT molecular complexity index is 570. The lowest BCUT2D eigenvalue weighted by Crippen LogP contribution is -2.04. The van der Waals surface area contributed by atoms with E-state index in [1.54, 1.807) is 0 Å². The third-order valence-corrected chi connectivity index (χ3v) is 3.11. The van der Waals surface area contributed by atoms with E-state index in [-0.39, 0.29) is 11.9 Å². The average Bonchev–Trinajstić information content (AvgIpc) is 2.38. The van der Waals surface area contributed by atoms with E-state index < -0.39 is 11.6 Å². The van der Waals surface area contributed by atoms with E-state index in [2.05, 4.69) is 5.32 Å². The van der Waals surface area contributed by atoms with Crippen LogP contribution in [0.3, 0.4) is 0 Å². The van der Waals surface area contributed by atoms with Crippen LogP contribution in [0.15, 0.2) is 42.5 Å². The minimum absolute atomic E-state index is 0.137. The molecule has 0 aromatic heterocycles. The molecule has 19 heavy (non-hydrogen) atoms. The van der Waals surface area contributed by atoms with E-state index in [1.807, 2.05) is 31.2 Å². The maximum Gasteiger partial charge on any atom is 0.131 e. The smallest absolute Gasteiger partial charge is 0.131 e. The highest BCUT2D eigenvalue weighted by molar-refractivity contribution is 6.21. The van der Waals surface area contributed by atoms with Crippen LogP contribution in [0.2, 0.25) is 0 Å². The van der Waals surface area contributed by atoms with Crippen molar-refractivity contribution >= 4 is 17.3 Å². The molecule has 0 fully saturated rings. The van der Waals surface area contributed by atoms with Crippen LogP contribution in [-0.2, 0) is 6.54 Å². The van der Waals surface area contributed by atoms with Gasteiger partial charge in [-0.25, -0.2) is 8.78 Å². The molecule has 1 N–H and O–H groups in total. The van der Waals surface area contributed by atoms with Gasteiger partial charge in [0.25, 0.3) is 0 Å². The molecule has 0 radical (unpaired) electrons. The molecule has 2 rings (SSSR count). The Morgan fingerprint density at radius 1 is 1.16 bits per heavy atom. The summed E-state index contributed by atoms with van der Waals surface area (Å²) in [6.07, 6.45) is 0. The van der Waals surface area contributed by atoms with Crippen LogP contribution >= 0.6 is 11.6 Å². The zero-order chi connectivity index (χ0) is 13.8. The fourth-order valence-electron chi connectivity index (χ4n) is 1.86. The predicted molar refractivity (Wildman–Crippen MR) is 74.4 cm³/mol. The number of benzene rings is 2. The van der Waals surface area contributed by atoms with Gasteiger partial charge in [0, 0.05) is 23.9 Å². The topological polar surface area (TPSA) is 12.0 Å². The highest BCUT2D eigenvalue weighted by atomic mass is 35.5. The molecule has 0 bridgehead atoms. The minimum Gasteiger partial charge on any atom is -0.381 e. The molecule has 100 valence electrons. The van der Waals surface area contributed by atoms with Gasteiger partial charge in [-0.05, 0) is 24.6 Å². The standard InChI is InChI=1S/C15H14ClF2N/c1-10(16)13-4-2-3-5-15(13)19-9-11-6-7-12(17)8-14(11)18/h2-8,10,19H,9H2,1H3. The summed E-state index contributed by atoms with van der Waals surface area (Å²) in [5, 5.41) is 2.99. The summed E-state index contributed by atoms with van der Waals surface area (Å²) in [5.41, 5.74) is 2.22. The van der Waals surface area contributed by atoms with Crippen LogP contribution in [0.25, 0.3) is 0 Å². The van der Waals surface area contributed by atoms with Gasteiger partial charge in [-0.3, -0.25) is 0 Å². The maximum absolute atomic E-state index is 13.5. The number of rotatable bonds is 4. The molecule has 4 heteroatoms. The fourth-order valence-corrected chi connectivity index (χ4v) is 2.05. The molecule has 0 saturated heterocycles. The van der Waals surface area contributed by atoms with Crippen LogP contribution in [0.4, 0.5) is 14.5 Å². The number of nitrogens with one attached hydrogen (secondary N) is 1. The molecule has 0 heterocycles. The number of hydrogen-bond acceptors (Lipinski definition) is 1. The van der Waals surface area contributed by atoms with Crippen LogP contribution in [-0.4, -0.2) is 0 Å². The molecular weight excluding hydrogens is 268 g/mol. The second kappa shape index (κ2) is 6.02. The first kappa shape index (κ1) is 13.8. The molecule has 0 spiro atoms. The summed E-state index contributed by atoms with van der Waals surface area (Å²) < 4.78 is 26.3. The molecule has 2 aromatic carbocycles. The van der Waals surface area contributed by atoms with E-state index in [0.29, 0.717) is 5.56 Å². The molecule has 1 unspecified atom stereocenters. The van der Waals surface area contributed by atoms with Gasteiger partial charge < -0.3 is 5.32 Å². The van der Waals surface area contributed by atoms with Crippen molar-refractivity contribution in [3.63, 3.8) is 0 Å². The highest BCUT2D eigenvalue weighted by Crippen LogP contribution is 2.27. The average molecular weight is 282 g/mol. The first-order chi connectivity index (χ1) is 9.08. The van der Waals surface area contributed by atoms with Crippen molar-refractivity contribution in [3.05, 3.63) is 65.2 Å². The predicted octanol–water partition coefficient (Wildman–Crippen LogP) is 4.88. The summed E-state index contributed by atoms with van der Waals surface area (Å²) in [5.74, 6) is -1.13. The zero-order valence-electron chi connectivity index (χ0n) is 10.5. The molecule has 0 aliphatic carbocycles. The second-order valence-corrected chi connectivity index (χ2v) is 4.95. The van der Waals surface area contributed by atoms with E-state index >= 15 is 0 Å². The highest BCUT2D eigenvalue weighted by Gasteiger charge is 2.08. The molecule has 1 nitrogen and oxygen atoms in total.